The summed E-state index contributed by atoms with van der Waals surface area (Å²) in [5, 5.41) is 24.5. The fraction of sp³-hybridized carbons (Fsp3) is 0.360. The predicted molar refractivity (Wildman–Crippen MR) is 235 cm³/mol. The SMILES string of the molecule is Cc1cc(C(=O)O)cc(OCc2ccccc2COc2cccc(C[C@H](NC(=O)OC(C)(C)C)[C@H](O)CN(C(=O)OCc3ccccc3)C3(c4cccc(C(C)C)c4)CC3)c2)n1. The Balaban J connectivity index is 1.21. The summed E-state index contributed by atoms with van der Waals surface area (Å²) in [7, 11) is 0. The van der Waals surface area contributed by atoms with Crippen LogP contribution in [0.15, 0.2) is 115 Å². The van der Waals surface area contributed by atoms with Crippen molar-refractivity contribution >= 4 is 18.2 Å². The highest BCUT2D eigenvalue weighted by molar-refractivity contribution is 5.88. The molecule has 0 unspecified atom stereocenters. The maximum atomic E-state index is 14.2. The summed E-state index contributed by atoms with van der Waals surface area (Å²) in [6, 6.07) is 34.7. The van der Waals surface area contributed by atoms with E-state index in [0.717, 1.165) is 33.4 Å². The number of ether oxygens (including phenoxy) is 4. The van der Waals surface area contributed by atoms with Gasteiger partial charge in [0.2, 0.25) is 5.88 Å². The van der Waals surface area contributed by atoms with Crippen LogP contribution in [0, 0.1) is 6.92 Å². The van der Waals surface area contributed by atoms with Gasteiger partial charge < -0.3 is 34.5 Å². The Morgan fingerprint density at radius 1 is 0.806 bits per heavy atom. The molecule has 0 spiro atoms. The van der Waals surface area contributed by atoms with Crippen LogP contribution in [-0.2, 0) is 41.3 Å². The van der Waals surface area contributed by atoms with Gasteiger partial charge in [0.05, 0.1) is 29.8 Å². The summed E-state index contributed by atoms with van der Waals surface area (Å²) in [5.74, 6) is -0.0161. The first-order valence-electron chi connectivity index (χ1n) is 21.0. The van der Waals surface area contributed by atoms with Crippen molar-refractivity contribution in [3.8, 4) is 11.6 Å². The van der Waals surface area contributed by atoms with E-state index in [0.29, 0.717) is 24.3 Å². The molecule has 6 rings (SSSR count). The second kappa shape index (κ2) is 20.0. The lowest BCUT2D eigenvalue weighted by molar-refractivity contribution is 0.0230. The van der Waals surface area contributed by atoms with E-state index in [1.807, 2.05) is 91.0 Å². The molecule has 0 saturated heterocycles. The number of amides is 2. The summed E-state index contributed by atoms with van der Waals surface area (Å²) in [5.41, 5.74) is 4.56. The number of carbonyl (C=O) groups is 3. The highest BCUT2D eigenvalue weighted by atomic mass is 16.6. The summed E-state index contributed by atoms with van der Waals surface area (Å²) in [6.45, 7) is 11.6. The maximum Gasteiger partial charge on any atom is 0.410 e. The van der Waals surface area contributed by atoms with Crippen molar-refractivity contribution in [2.24, 2.45) is 0 Å². The van der Waals surface area contributed by atoms with Gasteiger partial charge in [0.15, 0.2) is 0 Å². The molecule has 0 aliphatic heterocycles. The van der Waals surface area contributed by atoms with Crippen molar-refractivity contribution in [1.82, 2.24) is 15.2 Å². The van der Waals surface area contributed by atoms with Gasteiger partial charge in [-0.2, -0.15) is 0 Å². The first kappa shape index (κ1) is 45.1. The molecule has 1 aliphatic carbocycles. The number of aromatic carboxylic acids is 1. The van der Waals surface area contributed by atoms with Gasteiger partial charge in [-0.05, 0) is 104 Å². The van der Waals surface area contributed by atoms with Crippen molar-refractivity contribution in [3.63, 3.8) is 0 Å². The Morgan fingerprint density at radius 3 is 2.13 bits per heavy atom. The summed E-state index contributed by atoms with van der Waals surface area (Å²) >= 11 is 0. The van der Waals surface area contributed by atoms with E-state index < -0.39 is 41.4 Å². The average Bonchev–Trinajstić information content (AvgIpc) is 4.05. The quantitative estimate of drug-likeness (QED) is 0.0777. The number of nitrogens with one attached hydrogen (secondary N) is 1. The number of aliphatic hydroxyl groups excluding tert-OH is 1. The number of aromatic nitrogens is 1. The minimum atomic E-state index is -1.23. The number of carbonyl (C=O) groups excluding carboxylic acids is 2. The number of hydrogen-bond donors (Lipinski definition) is 3. The molecule has 5 aromatic rings. The topological polar surface area (TPSA) is 157 Å². The van der Waals surface area contributed by atoms with Crippen LogP contribution in [0.2, 0.25) is 0 Å². The number of nitrogens with zero attached hydrogens (tertiary/aromatic N) is 2. The normalized spacial score (nSPS) is 14.0. The number of alkyl carbamates (subject to hydrolysis) is 1. The van der Waals surface area contributed by atoms with Crippen molar-refractivity contribution in [1.29, 1.82) is 0 Å². The number of benzene rings is 4. The number of aliphatic hydroxyl groups is 1. The van der Waals surface area contributed by atoms with E-state index in [2.05, 4.69) is 36.3 Å². The molecule has 2 atom stereocenters. The summed E-state index contributed by atoms with van der Waals surface area (Å²) in [6.07, 6.45) is -0.922. The van der Waals surface area contributed by atoms with Crippen LogP contribution in [0.25, 0.3) is 0 Å². The second-order valence-electron chi connectivity index (χ2n) is 17.1. The van der Waals surface area contributed by atoms with E-state index in [4.69, 9.17) is 18.9 Å². The largest absolute Gasteiger partial charge is 0.489 e. The number of aryl methyl sites for hydroxylation is 1. The van der Waals surface area contributed by atoms with Crippen LogP contribution >= 0.6 is 0 Å². The van der Waals surface area contributed by atoms with Crippen LogP contribution in [0.5, 0.6) is 11.6 Å². The van der Waals surface area contributed by atoms with Crippen molar-refractivity contribution in [3.05, 3.63) is 160 Å². The fourth-order valence-corrected chi connectivity index (χ4v) is 7.30. The number of hydrogen-bond acceptors (Lipinski definition) is 9. The van der Waals surface area contributed by atoms with Crippen molar-refractivity contribution in [2.45, 2.75) is 110 Å². The van der Waals surface area contributed by atoms with Gasteiger partial charge in [0.1, 0.15) is 31.2 Å². The number of carboxylic acid groups (broad SMARTS) is 1. The molecule has 62 heavy (non-hydrogen) atoms. The Hall–Kier alpha value is -6.40. The van der Waals surface area contributed by atoms with Crippen LogP contribution in [0.3, 0.4) is 0 Å². The Bertz CT molecular complexity index is 2320. The van der Waals surface area contributed by atoms with Crippen LogP contribution in [0.4, 0.5) is 9.59 Å². The van der Waals surface area contributed by atoms with Gasteiger partial charge in [-0.25, -0.2) is 19.4 Å². The lowest BCUT2D eigenvalue weighted by atomic mass is 9.94. The molecule has 1 aromatic heterocycles. The zero-order chi connectivity index (χ0) is 44.4. The monoisotopic (exact) mass is 843 g/mol. The number of pyridine rings is 1. The first-order chi connectivity index (χ1) is 29.6. The van der Waals surface area contributed by atoms with Gasteiger partial charge in [-0.1, -0.05) is 105 Å². The molecule has 1 heterocycles. The summed E-state index contributed by atoms with van der Waals surface area (Å²) < 4.78 is 23.8. The lowest BCUT2D eigenvalue weighted by Gasteiger charge is -2.36. The third kappa shape index (κ3) is 12.3. The van der Waals surface area contributed by atoms with Gasteiger partial charge in [-0.15, -0.1) is 0 Å². The van der Waals surface area contributed by atoms with E-state index in [-0.39, 0.29) is 50.1 Å². The molecule has 1 aliphatic rings. The third-order valence-electron chi connectivity index (χ3n) is 10.7. The molecule has 0 radical (unpaired) electrons. The average molecular weight is 844 g/mol. The van der Waals surface area contributed by atoms with Crippen molar-refractivity contribution < 1.29 is 43.5 Å². The van der Waals surface area contributed by atoms with Crippen molar-refractivity contribution in [2.75, 3.05) is 6.54 Å². The Kier molecular flexibility index (Phi) is 14.5. The minimum Gasteiger partial charge on any atom is -0.489 e. The zero-order valence-corrected chi connectivity index (χ0v) is 36.3. The lowest BCUT2D eigenvalue weighted by Crippen LogP contribution is -2.53. The second-order valence-corrected chi connectivity index (χ2v) is 17.1. The number of rotatable bonds is 18. The molecule has 2 amide bonds. The van der Waals surface area contributed by atoms with Gasteiger partial charge in [0.25, 0.3) is 0 Å². The fourth-order valence-electron chi connectivity index (χ4n) is 7.30. The molecule has 0 bridgehead atoms. The van der Waals surface area contributed by atoms with Gasteiger partial charge in [0, 0.05) is 11.8 Å². The Morgan fingerprint density at radius 2 is 1.47 bits per heavy atom. The van der Waals surface area contributed by atoms with Crippen LogP contribution in [0.1, 0.15) is 103 Å². The standard InChI is InChI=1S/C50H57N3O9/c1-33(2)37-19-13-20-41(27-37)50(22-23-50)53(48(58)61-30-35-14-8-7-9-15-35)29-44(54)43(52-47(57)62-49(4,5)6)26-36-16-12-21-42(25-36)59-31-38-17-10-11-18-39(38)32-60-45-28-40(46(55)56)24-34(3)51-45/h7-21,24-25,27-28,33,43-44,54H,22-23,26,29-32H2,1-6H3,(H,52,57)(H,55,56)/t43-,44+/m0/s1. The van der Waals surface area contributed by atoms with E-state index in [1.54, 1.807) is 32.6 Å². The van der Waals surface area contributed by atoms with Gasteiger partial charge >= 0.3 is 18.2 Å². The molecule has 12 nitrogen and oxygen atoms in total. The highest BCUT2D eigenvalue weighted by Gasteiger charge is 2.53. The van der Waals surface area contributed by atoms with Crippen LogP contribution in [-0.4, -0.2) is 62.5 Å². The zero-order valence-electron chi connectivity index (χ0n) is 36.3. The molecule has 12 heteroatoms. The molecule has 326 valence electrons. The molecule has 1 fully saturated rings. The minimum absolute atomic E-state index is 0.0653. The first-order valence-corrected chi connectivity index (χ1v) is 21.0. The predicted octanol–water partition coefficient (Wildman–Crippen LogP) is 9.49. The summed E-state index contributed by atoms with van der Waals surface area (Å²) in [4.78, 5) is 45.0. The molecule has 3 N–H and O–H groups in total. The molecular weight excluding hydrogens is 787 g/mol. The highest BCUT2D eigenvalue weighted by Crippen LogP contribution is 2.52. The van der Waals surface area contributed by atoms with E-state index >= 15 is 0 Å². The van der Waals surface area contributed by atoms with Crippen LogP contribution < -0.4 is 14.8 Å². The molecular formula is C50H57N3O9. The molecule has 4 aromatic carbocycles. The van der Waals surface area contributed by atoms with E-state index in [1.165, 1.54) is 12.1 Å². The third-order valence-corrected chi connectivity index (χ3v) is 10.7. The number of carboxylic acids is 1. The van der Waals surface area contributed by atoms with E-state index in [9.17, 15) is 24.6 Å². The maximum absolute atomic E-state index is 14.2. The molecule has 1 saturated carbocycles. The smallest absolute Gasteiger partial charge is 0.410 e. The Labute approximate surface area is 363 Å². The van der Waals surface area contributed by atoms with Gasteiger partial charge in [-0.3, -0.25) is 4.90 Å².